The molecule has 1 aromatic heterocycles. The lowest BCUT2D eigenvalue weighted by Crippen LogP contribution is -2.54. The zero-order valence-electron chi connectivity index (χ0n) is 15.8. The number of carbonyl (C=O) groups is 4. The Bertz CT molecular complexity index is 802. The van der Waals surface area contributed by atoms with Gasteiger partial charge in [-0.1, -0.05) is 19.8 Å². The van der Waals surface area contributed by atoms with Gasteiger partial charge in [0.2, 0.25) is 5.78 Å². The Morgan fingerprint density at radius 2 is 2.07 bits per heavy atom. The summed E-state index contributed by atoms with van der Waals surface area (Å²) in [5.74, 6) is -1.40. The number of carbonyl (C=O) groups excluding carboxylic acids is 4. The molecule has 1 aromatic rings. The van der Waals surface area contributed by atoms with E-state index in [1.54, 1.807) is 6.07 Å². The molecule has 27 heavy (non-hydrogen) atoms. The van der Waals surface area contributed by atoms with Crippen LogP contribution in [0, 0.1) is 19.8 Å². The van der Waals surface area contributed by atoms with Crippen LogP contribution in [-0.2, 0) is 14.3 Å². The van der Waals surface area contributed by atoms with Gasteiger partial charge in [0.1, 0.15) is 12.1 Å². The topological polar surface area (TPSA) is 92.8 Å². The minimum Gasteiger partial charge on any atom is -0.456 e. The number of hydrogen-bond donors (Lipinski definition) is 1. The summed E-state index contributed by atoms with van der Waals surface area (Å²) in [6.45, 7) is 4.81. The van der Waals surface area contributed by atoms with Gasteiger partial charge in [-0.15, -0.1) is 11.3 Å². The van der Waals surface area contributed by atoms with Crippen LogP contribution in [0.4, 0.5) is 4.79 Å². The predicted molar refractivity (Wildman–Crippen MR) is 99.7 cm³/mol. The summed E-state index contributed by atoms with van der Waals surface area (Å²) in [6, 6.07) is 1.20. The monoisotopic (exact) mass is 392 g/mol. The highest BCUT2D eigenvalue weighted by Crippen LogP contribution is 2.38. The van der Waals surface area contributed by atoms with E-state index >= 15 is 0 Å². The quantitative estimate of drug-likeness (QED) is 0.472. The van der Waals surface area contributed by atoms with Crippen molar-refractivity contribution in [3.8, 4) is 0 Å². The normalized spacial score (nSPS) is 25.0. The molecule has 0 bridgehead atoms. The van der Waals surface area contributed by atoms with Crippen LogP contribution < -0.4 is 5.32 Å². The van der Waals surface area contributed by atoms with Crippen molar-refractivity contribution in [2.45, 2.75) is 52.0 Å². The molecule has 2 fully saturated rings. The number of nitrogens with zero attached hydrogens (tertiary/aromatic N) is 1. The molecule has 1 spiro atoms. The second-order valence-corrected chi connectivity index (χ2v) is 8.81. The molecule has 3 rings (SSSR count). The summed E-state index contributed by atoms with van der Waals surface area (Å²) in [5.41, 5.74) is -0.369. The summed E-state index contributed by atoms with van der Waals surface area (Å²) in [6.07, 6.45) is 3.33. The zero-order chi connectivity index (χ0) is 19.8. The summed E-state index contributed by atoms with van der Waals surface area (Å²) in [5, 5.41) is 2.79. The number of aryl methyl sites for hydroxylation is 2. The molecule has 1 aliphatic carbocycles. The minimum atomic E-state index is -0.906. The van der Waals surface area contributed by atoms with Crippen LogP contribution in [0.15, 0.2) is 6.07 Å². The predicted octanol–water partition coefficient (Wildman–Crippen LogP) is 2.59. The van der Waals surface area contributed by atoms with Crippen LogP contribution in [0.25, 0.3) is 0 Å². The molecule has 2 aliphatic rings. The molecule has 0 aromatic carbocycles. The fourth-order valence-corrected chi connectivity index (χ4v) is 4.89. The van der Waals surface area contributed by atoms with Gasteiger partial charge in [0.15, 0.2) is 6.61 Å². The van der Waals surface area contributed by atoms with E-state index in [0.717, 1.165) is 33.9 Å². The second kappa shape index (κ2) is 7.42. The SMILES string of the molecule is Cc1cc(C(=O)COC(=O)CN2C(=O)N[C@]3(CCCC[C@H]3C)C2=O)c(C)s1. The van der Waals surface area contributed by atoms with Gasteiger partial charge in [0.25, 0.3) is 5.91 Å². The molecule has 2 heterocycles. The van der Waals surface area contributed by atoms with Gasteiger partial charge < -0.3 is 10.1 Å². The molecule has 0 unspecified atom stereocenters. The number of hydrogen-bond acceptors (Lipinski definition) is 6. The molecule has 0 radical (unpaired) electrons. The van der Waals surface area contributed by atoms with Gasteiger partial charge in [0.05, 0.1) is 0 Å². The van der Waals surface area contributed by atoms with Crippen molar-refractivity contribution < 1.29 is 23.9 Å². The summed E-state index contributed by atoms with van der Waals surface area (Å²) in [7, 11) is 0. The van der Waals surface area contributed by atoms with Crippen LogP contribution in [-0.4, -0.2) is 47.3 Å². The molecule has 146 valence electrons. The van der Waals surface area contributed by atoms with Crippen molar-refractivity contribution in [3.63, 3.8) is 0 Å². The summed E-state index contributed by atoms with van der Waals surface area (Å²) >= 11 is 1.50. The van der Waals surface area contributed by atoms with E-state index in [9.17, 15) is 19.2 Å². The lowest BCUT2D eigenvalue weighted by atomic mass is 9.73. The molecule has 8 heteroatoms. The third-order valence-corrected chi connectivity index (χ3v) is 6.46. The summed E-state index contributed by atoms with van der Waals surface area (Å²) in [4.78, 5) is 52.2. The van der Waals surface area contributed by atoms with Crippen molar-refractivity contribution >= 4 is 35.0 Å². The Morgan fingerprint density at radius 3 is 2.70 bits per heavy atom. The van der Waals surface area contributed by atoms with Gasteiger partial charge in [-0.2, -0.15) is 0 Å². The molecular formula is C19H24N2O5S. The molecule has 2 atom stereocenters. The van der Waals surface area contributed by atoms with Crippen molar-refractivity contribution in [2.24, 2.45) is 5.92 Å². The highest BCUT2D eigenvalue weighted by Gasteiger charge is 2.55. The van der Waals surface area contributed by atoms with Crippen molar-refractivity contribution in [2.75, 3.05) is 13.2 Å². The van der Waals surface area contributed by atoms with Gasteiger partial charge in [-0.3, -0.25) is 19.3 Å². The zero-order valence-corrected chi connectivity index (χ0v) is 16.6. The lowest BCUT2D eigenvalue weighted by Gasteiger charge is -2.36. The van der Waals surface area contributed by atoms with E-state index in [1.807, 2.05) is 20.8 Å². The number of Topliss-reactive ketones (excluding diaryl/α,β-unsaturated/α-hetero) is 1. The average molecular weight is 392 g/mol. The first-order chi connectivity index (χ1) is 12.7. The Kier molecular flexibility index (Phi) is 5.37. The third kappa shape index (κ3) is 3.63. The first-order valence-corrected chi connectivity index (χ1v) is 9.96. The number of amides is 3. The molecule has 3 amide bonds. The second-order valence-electron chi connectivity index (χ2n) is 7.35. The number of ether oxygens (including phenoxy) is 1. The Labute approximate surface area is 162 Å². The fraction of sp³-hybridized carbons (Fsp3) is 0.579. The van der Waals surface area contributed by atoms with Crippen molar-refractivity contribution in [1.29, 1.82) is 0 Å². The largest absolute Gasteiger partial charge is 0.456 e. The Morgan fingerprint density at radius 1 is 1.33 bits per heavy atom. The Balaban J connectivity index is 1.59. The van der Waals surface area contributed by atoms with Crippen LogP contribution in [0.5, 0.6) is 0 Å². The first-order valence-electron chi connectivity index (χ1n) is 9.14. The van der Waals surface area contributed by atoms with Crippen LogP contribution in [0.1, 0.15) is 52.7 Å². The molecule has 1 aliphatic heterocycles. The smallest absolute Gasteiger partial charge is 0.326 e. The van der Waals surface area contributed by atoms with E-state index in [4.69, 9.17) is 4.74 Å². The number of rotatable bonds is 5. The lowest BCUT2D eigenvalue weighted by molar-refractivity contribution is -0.147. The maximum atomic E-state index is 12.8. The molecular weight excluding hydrogens is 368 g/mol. The van der Waals surface area contributed by atoms with E-state index in [2.05, 4.69) is 5.32 Å². The maximum Gasteiger partial charge on any atom is 0.326 e. The van der Waals surface area contributed by atoms with E-state index < -0.39 is 30.7 Å². The number of urea groups is 1. The van der Waals surface area contributed by atoms with Crippen molar-refractivity contribution in [3.05, 3.63) is 21.4 Å². The number of imide groups is 1. The van der Waals surface area contributed by atoms with Crippen LogP contribution >= 0.6 is 11.3 Å². The Hall–Kier alpha value is -2.22. The highest BCUT2D eigenvalue weighted by atomic mass is 32.1. The standard InChI is InChI=1S/C19H24N2O5S/c1-11-6-4-5-7-19(11)17(24)21(18(25)20-19)9-16(23)26-10-15(22)14-8-12(2)27-13(14)3/h8,11H,4-7,9-10H2,1-3H3,(H,20,25)/t11-,19+/m1/s1. The van der Waals surface area contributed by atoms with Gasteiger partial charge >= 0.3 is 12.0 Å². The van der Waals surface area contributed by atoms with Crippen molar-refractivity contribution in [1.82, 2.24) is 10.2 Å². The van der Waals surface area contributed by atoms with Gasteiger partial charge in [0, 0.05) is 15.3 Å². The molecule has 1 N–H and O–H groups in total. The summed E-state index contributed by atoms with van der Waals surface area (Å²) < 4.78 is 5.03. The van der Waals surface area contributed by atoms with Gasteiger partial charge in [-0.25, -0.2) is 4.79 Å². The van der Waals surface area contributed by atoms with E-state index in [1.165, 1.54) is 11.3 Å². The van der Waals surface area contributed by atoms with Gasteiger partial charge in [-0.05, 0) is 38.7 Å². The molecule has 7 nitrogen and oxygen atoms in total. The molecule has 1 saturated heterocycles. The highest BCUT2D eigenvalue weighted by molar-refractivity contribution is 7.12. The van der Waals surface area contributed by atoms with Crippen LogP contribution in [0.3, 0.4) is 0 Å². The average Bonchev–Trinajstić information content (AvgIpc) is 3.07. The first kappa shape index (κ1) is 19.5. The third-order valence-electron chi connectivity index (χ3n) is 5.49. The maximum absolute atomic E-state index is 12.8. The van der Waals surface area contributed by atoms with Crippen LogP contribution in [0.2, 0.25) is 0 Å². The number of ketones is 1. The number of esters is 1. The van der Waals surface area contributed by atoms with E-state index in [-0.39, 0.29) is 17.6 Å². The fourth-order valence-electron chi connectivity index (χ4n) is 3.95. The number of nitrogens with one attached hydrogen (secondary N) is 1. The van der Waals surface area contributed by atoms with E-state index in [0.29, 0.717) is 12.0 Å². The minimum absolute atomic E-state index is 0.0232. The molecule has 1 saturated carbocycles. The number of thiophene rings is 1.